The average Bonchev–Trinajstić information content (AvgIpc) is 2.65. The van der Waals surface area contributed by atoms with Gasteiger partial charge in [-0.15, -0.1) is 0 Å². The average molecular weight is 418 g/mol. The lowest BCUT2D eigenvalue weighted by molar-refractivity contribution is -0.143. The summed E-state index contributed by atoms with van der Waals surface area (Å²) in [5.41, 5.74) is 2.35. The van der Waals surface area contributed by atoms with Crippen LogP contribution in [-0.4, -0.2) is 35.7 Å². The van der Waals surface area contributed by atoms with Crippen LogP contribution in [0.1, 0.15) is 36.9 Å². The van der Waals surface area contributed by atoms with E-state index in [9.17, 15) is 9.90 Å². The molecule has 1 saturated heterocycles. The summed E-state index contributed by atoms with van der Waals surface area (Å²) in [5, 5.41) is 9.29. The van der Waals surface area contributed by atoms with Crippen LogP contribution in [0.15, 0.2) is 53.0 Å². The first-order chi connectivity index (χ1) is 12.6. The van der Waals surface area contributed by atoms with E-state index in [1.54, 1.807) is 0 Å². The van der Waals surface area contributed by atoms with Crippen LogP contribution in [0.4, 0.5) is 0 Å². The van der Waals surface area contributed by atoms with Crippen molar-refractivity contribution in [3.8, 4) is 5.75 Å². The second-order valence-corrected chi connectivity index (χ2v) is 7.43. The fourth-order valence-electron chi connectivity index (χ4n) is 3.63. The number of halogens is 1. The van der Waals surface area contributed by atoms with Crippen LogP contribution in [-0.2, 0) is 4.79 Å². The smallest absolute Gasteiger partial charge is 0.306 e. The molecule has 1 unspecified atom stereocenters. The molecule has 2 aromatic carbocycles. The Balaban J connectivity index is 1.94. The summed E-state index contributed by atoms with van der Waals surface area (Å²) >= 11 is 3.69. The Labute approximate surface area is 162 Å². The predicted octanol–water partition coefficient (Wildman–Crippen LogP) is 4.73. The lowest BCUT2D eigenvalue weighted by Gasteiger charge is -2.37. The van der Waals surface area contributed by atoms with Crippen LogP contribution in [0.3, 0.4) is 0 Å². The van der Waals surface area contributed by atoms with E-state index in [0.29, 0.717) is 19.4 Å². The van der Waals surface area contributed by atoms with Crippen LogP contribution in [0.5, 0.6) is 5.75 Å². The number of aliphatic carboxylic acids is 1. The maximum absolute atomic E-state index is 11.3. The van der Waals surface area contributed by atoms with Crippen molar-refractivity contribution >= 4 is 21.9 Å². The molecule has 0 aromatic heterocycles. The van der Waals surface area contributed by atoms with Gasteiger partial charge in [-0.3, -0.25) is 9.69 Å². The van der Waals surface area contributed by atoms with Gasteiger partial charge in [-0.1, -0.05) is 46.3 Å². The molecule has 0 aliphatic carbocycles. The molecule has 26 heavy (non-hydrogen) atoms. The molecule has 1 aliphatic heterocycles. The van der Waals surface area contributed by atoms with Gasteiger partial charge in [0.2, 0.25) is 0 Å². The molecule has 4 nitrogen and oxygen atoms in total. The van der Waals surface area contributed by atoms with E-state index in [2.05, 4.69) is 45.1 Å². The van der Waals surface area contributed by atoms with Gasteiger partial charge in [-0.05, 0) is 62.2 Å². The predicted molar refractivity (Wildman–Crippen MR) is 106 cm³/mol. The third-order valence-electron chi connectivity index (χ3n) is 4.93. The zero-order valence-corrected chi connectivity index (χ0v) is 16.5. The van der Waals surface area contributed by atoms with Crippen molar-refractivity contribution in [1.82, 2.24) is 4.90 Å². The summed E-state index contributed by atoms with van der Waals surface area (Å²) in [5.74, 6) is -0.0521. The summed E-state index contributed by atoms with van der Waals surface area (Å²) in [6.07, 6.45) is 1.36. The third kappa shape index (κ3) is 4.27. The van der Waals surface area contributed by atoms with Crippen molar-refractivity contribution in [2.45, 2.75) is 25.8 Å². The number of carboxylic acids is 1. The SMILES string of the molecule is CCOc1cccc(C(c2ccccc2Br)N2CCC(C(=O)O)CC2)c1. The number of carboxylic acid groups (broad SMARTS) is 1. The molecule has 1 fully saturated rings. The normalized spacial score (nSPS) is 17.0. The Morgan fingerprint density at radius 1 is 1.23 bits per heavy atom. The lowest BCUT2D eigenvalue weighted by Crippen LogP contribution is -2.39. The maximum Gasteiger partial charge on any atom is 0.306 e. The highest BCUT2D eigenvalue weighted by Gasteiger charge is 2.31. The molecule has 0 radical (unpaired) electrons. The van der Waals surface area contributed by atoms with Gasteiger partial charge in [0.05, 0.1) is 18.6 Å². The molecular formula is C21H24BrNO3. The van der Waals surface area contributed by atoms with Crippen LogP contribution >= 0.6 is 15.9 Å². The molecule has 138 valence electrons. The number of likely N-dealkylation sites (tertiary alicyclic amines) is 1. The standard InChI is InChI=1S/C21H24BrNO3/c1-2-26-17-7-5-6-16(14-17)20(18-8-3-4-9-19(18)22)23-12-10-15(11-13-23)21(24)25/h3-9,14-15,20H,2,10-13H2,1H3,(H,24,25). The Kier molecular flexibility index (Phi) is 6.33. The van der Waals surface area contributed by atoms with Crippen LogP contribution in [0.25, 0.3) is 0 Å². The molecule has 0 spiro atoms. The highest BCUT2D eigenvalue weighted by atomic mass is 79.9. The number of ether oxygens (including phenoxy) is 1. The van der Waals surface area contributed by atoms with Gasteiger partial charge in [0, 0.05) is 4.47 Å². The minimum absolute atomic E-state index is 0.0701. The quantitative estimate of drug-likeness (QED) is 0.737. The van der Waals surface area contributed by atoms with Gasteiger partial charge in [0.1, 0.15) is 5.75 Å². The number of piperidine rings is 1. The molecule has 0 saturated carbocycles. The minimum atomic E-state index is -0.680. The van der Waals surface area contributed by atoms with E-state index in [-0.39, 0.29) is 12.0 Å². The molecule has 1 N–H and O–H groups in total. The summed E-state index contributed by atoms with van der Waals surface area (Å²) < 4.78 is 6.75. The summed E-state index contributed by atoms with van der Waals surface area (Å²) in [7, 11) is 0. The zero-order valence-electron chi connectivity index (χ0n) is 14.9. The van der Waals surface area contributed by atoms with Crippen molar-refractivity contribution in [2.75, 3.05) is 19.7 Å². The second kappa shape index (κ2) is 8.69. The van der Waals surface area contributed by atoms with E-state index in [1.165, 1.54) is 5.56 Å². The Morgan fingerprint density at radius 3 is 2.62 bits per heavy atom. The number of hydrogen-bond acceptors (Lipinski definition) is 3. The summed E-state index contributed by atoms with van der Waals surface area (Å²) in [6, 6.07) is 16.5. The number of benzene rings is 2. The highest BCUT2D eigenvalue weighted by molar-refractivity contribution is 9.10. The van der Waals surface area contributed by atoms with Crippen LogP contribution in [0.2, 0.25) is 0 Å². The van der Waals surface area contributed by atoms with E-state index >= 15 is 0 Å². The van der Waals surface area contributed by atoms with Gasteiger partial charge in [0.25, 0.3) is 0 Å². The van der Waals surface area contributed by atoms with Gasteiger partial charge >= 0.3 is 5.97 Å². The molecule has 1 atom stereocenters. The molecule has 0 bridgehead atoms. The van der Waals surface area contributed by atoms with Crippen molar-refractivity contribution in [3.05, 3.63) is 64.1 Å². The van der Waals surface area contributed by atoms with Gasteiger partial charge in [-0.25, -0.2) is 0 Å². The highest BCUT2D eigenvalue weighted by Crippen LogP contribution is 2.37. The lowest BCUT2D eigenvalue weighted by atomic mass is 9.91. The molecule has 3 rings (SSSR count). The second-order valence-electron chi connectivity index (χ2n) is 6.58. The van der Waals surface area contributed by atoms with E-state index in [4.69, 9.17) is 4.74 Å². The molecule has 1 heterocycles. The molecule has 0 amide bonds. The van der Waals surface area contributed by atoms with Crippen molar-refractivity contribution in [1.29, 1.82) is 0 Å². The van der Waals surface area contributed by atoms with E-state index < -0.39 is 5.97 Å². The Morgan fingerprint density at radius 2 is 1.96 bits per heavy atom. The topological polar surface area (TPSA) is 49.8 Å². The number of hydrogen-bond donors (Lipinski definition) is 1. The number of nitrogens with zero attached hydrogens (tertiary/aromatic N) is 1. The van der Waals surface area contributed by atoms with Crippen molar-refractivity contribution in [3.63, 3.8) is 0 Å². The summed E-state index contributed by atoms with van der Waals surface area (Å²) in [4.78, 5) is 13.7. The van der Waals surface area contributed by atoms with Crippen LogP contribution < -0.4 is 4.74 Å². The van der Waals surface area contributed by atoms with Crippen molar-refractivity contribution < 1.29 is 14.6 Å². The van der Waals surface area contributed by atoms with Gasteiger partial charge in [0.15, 0.2) is 0 Å². The largest absolute Gasteiger partial charge is 0.494 e. The first kappa shape index (κ1) is 18.9. The Bertz CT molecular complexity index is 756. The maximum atomic E-state index is 11.3. The van der Waals surface area contributed by atoms with Gasteiger partial charge in [-0.2, -0.15) is 0 Å². The van der Waals surface area contributed by atoms with E-state index in [0.717, 1.165) is 28.9 Å². The molecular weight excluding hydrogens is 394 g/mol. The monoisotopic (exact) mass is 417 g/mol. The fourth-order valence-corrected chi connectivity index (χ4v) is 4.13. The minimum Gasteiger partial charge on any atom is -0.494 e. The molecule has 2 aromatic rings. The van der Waals surface area contributed by atoms with Crippen LogP contribution in [0, 0.1) is 5.92 Å². The van der Waals surface area contributed by atoms with Crippen molar-refractivity contribution in [2.24, 2.45) is 5.92 Å². The third-order valence-corrected chi connectivity index (χ3v) is 5.65. The molecule has 1 aliphatic rings. The fraction of sp³-hybridized carbons (Fsp3) is 0.381. The first-order valence-corrected chi connectivity index (χ1v) is 9.83. The summed E-state index contributed by atoms with van der Waals surface area (Å²) in [6.45, 7) is 4.14. The van der Waals surface area contributed by atoms with Gasteiger partial charge < -0.3 is 9.84 Å². The number of carbonyl (C=O) groups is 1. The Hall–Kier alpha value is -1.85. The van der Waals surface area contributed by atoms with E-state index in [1.807, 2.05) is 31.2 Å². The number of rotatable bonds is 6. The first-order valence-electron chi connectivity index (χ1n) is 9.04. The molecule has 5 heteroatoms. The zero-order chi connectivity index (χ0) is 18.5.